The van der Waals surface area contributed by atoms with Gasteiger partial charge in [-0.25, -0.2) is 13.8 Å². The second-order valence-corrected chi connectivity index (χ2v) is 8.09. The number of hydrogen-bond acceptors (Lipinski definition) is 4. The highest BCUT2D eigenvalue weighted by molar-refractivity contribution is 7.16. The lowest BCUT2D eigenvalue weighted by Gasteiger charge is -2.20. The van der Waals surface area contributed by atoms with Crippen LogP contribution in [0.1, 0.15) is 45.3 Å². The molecule has 0 aliphatic heterocycles. The predicted octanol–water partition coefficient (Wildman–Crippen LogP) is 4.41. The molecule has 5 nitrogen and oxygen atoms in total. The fourth-order valence-electron chi connectivity index (χ4n) is 3.49. The molecule has 0 fully saturated rings. The number of amides is 2. The molecule has 4 rings (SSSR count). The molecule has 2 amide bonds. The van der Waals surface area contributed by atoms with Crippen molar-refractivity contribution >= 4 is 28.3 Å². The summed E-state index contributed by atoms with van der Waals surface area (Å²) in [6.45, 7) is -0.231. The van der Waals surface area contributed by atoms with E-state index in [2.05, 4.69) is 15.6 Å². The normalized spacial score (nSPS) is 15.3. The Balaban J connectivity index is 1.47. The number of halogens is 2. The molecule has 8 heteroatoms. The first-order valence-corrected chi connectivity index (χ1v) is 10.4. The van der Waals surface area contributed by atoms with Gasteiger partial charge in [-0.1, -0.05) is 24.3 Å². The molecule has 0 radical (unpaired) electrons. The Morgan fingerprint density at radius 3 is 2.53 bits per heavy atom. The zero-order valence-electron chi connectivity index (χ0n) is 16.0. The van der Waals surface area contributed by atoms with E-state index < -0.39 is 17.6 Å². The van der Waals surface area contributed by atoms with Crippen molar-refractivity contribution in [3.05, 3.63) is 81.9 Å². The summed E-state index contributed by atoms with van der Waals surface area (Å²) in [5.41, 5.74) is 0.976. The molecule has 2 N–H and O–H groups in total. The van der Waals surface area contributed by atoms with E-state index in [1.165, 1.54) is 17.4 Å². The monoisotopic (exact) mass is 427 g/mol. The van der Waals surface area contributed by atoms with Crippen molar-refractivity contribution < 1.29 is 18.4 Å². The van der Waals surface area contributed by atoms with E-state index in [1.807, 2.05) is 6.07 Å². The van der Waals surface area contributed by atoms with Crippen molar-refractivity contribution in [2.24, 2.45) is 0 Å². The highest BCUT2D eigenvalue weighted by atomic mass is 32.1. The number of thiazole rings is 1. The van der Waals surface area contributed by atoms with Gasteiger partial charge in [-0.2, -0.15) is 0 Å². The molecule has 2 aromatic carbocycles. The van der Waals surface area contributed by atoms with Crippen LogP contribution in [-0.4, -0.2) is 16.8 Å². The van der Waals surface area contributed by atoms with Gasteiger partial charge < -0.3 is 5.32 Å². The highest BCUT2D eigenvalue weighted by Gasteiger charge is 2.30. The Bertz CT molecular complexity index is 1060. The number of anilines is 1. The maximum Gasteiger partial charge on any atom is 0.257 e. The van der Waals surface area contributed by atoms with Crippen molar-refractivity contribution in [3.63, 3.8) is 0 Å². The number of carbonyl (C=O) groups excluding carboxylic acids is 2. The Morgan fingerprint density at radius 1 is 1.07 bits per heavy atom. The Labute approximate surface area is 176 Å². The number of fused-ring (bicyclic) bond motifs is 1. The van der Waals surface area contributed by atoms with Crippen LogP contribution in [0.4, 0.5) is 13.9 Å². The van der Waals surface area contributed by atoms with E-state index in [1.54, 1.807) is 24.3 Å². The third kappa shape index (κ3) is 4.23. The number of carbonyl (C=O) groups is 2. The van der Waals surface area contributed by atoms with Gasteiger partial charge in [0, 0.05) is 22.5 Å². The minimum absolute atomic E-state index is 0.170. The molecular weight excluding hydrogens is 408 g/mol. The fourth-order valence-corrected chi connectivity index (χ4v) is 4.55. The molecule has 154 valence electrons. The maximum atomic E-state index is 13.8. The number of nitrogens with zero attached hydrogens (tertiary/aromatic N) is 1. The summed E-state index contributed by atoms with van der Waals surface area (Å²) in [6, 6.07) is 12.4. The van der Waals surface area contributed by atoms with E-state index in [9.17, 15) is 18.4 Å². The highest BCUT2D eigenvalue weighted by Crippen LogP contribution is 2.37. The average molecular weight is 427 g/mol. The van der Waals surface area contributed by atoms with Gasteiger partial charge in [0.1, 0.15) is 11.6 Å². The molecule has 0 saturated heterocycles. The van der Waals surface area contributed by atoms with Crippen molar-refractivity contribution in [1.82, 2.24) is 10.3 Å². The first kappa shape index (κ1) is 20.2. The van der Waals surface area contributed by atoms with Crippen molar-refractivity contribution in [1.29, 1.82) is 0 Å². The number of aromatic nitrogens is 1. The Hall–Kier alpha value is -3.13. The first-order valence-electron chi connectivity index (χ1n) is 9.59. The van der Waals surface area contributed by atoms with Gasteiger partial charge >= 0.3 is 0 Å². The van der Waals surface area contributed by atoms with Crippen LogP contribution in [0.15, 0.2) is 48.5 Å². The lowest BCUT2D eigenvalue weighted by atomic mass is 9.90. The number of rotatable bonds is 5. The number of aryl methyl sites for hydroxylation is 1. The number of nitrogens with one attached hydrogen (secondary N) is 2. The summed E-state index contributed by atoms with van der Waals surface area (Å²) < 4.78 is 27.6. The molecule has 1 unspecified atom stereocenters. The van der Waals surface area contributed by atoms with Crippen LogP contribution >= 0.6 is 11.3 Å². The van der Waals surface area contributed by atoms with Crippen LogP contribution in [0.2, 0.25) is 0 Å². The maximum absolute atomic E-state index is 13.8. The third-order valence-corrected chi connectivity index (χ3v) is 6.07. The van der Waals surface area contributed by atoms with Gasteiger partial charge in [-0.05, 0) is 43.5 Å². The molecule has 1 atom stereocenters. The zero-order valence-corrected chi connectivity index (χ0v) is 16.8. The average Bonchev–Trinajstić information content (AvgIpc) is 3.16. The van der Waals surface area contributed by atoms with Gasteiger partial charge in [0.15, 0.2) is 5.13 Å². The van der Waals surface area contributed by atoms with Gasteiger partial charge in [0.25, 0.3) is 5.91 Å². The van der Waals surface area contributed by atoms with E-state index in [0.717, 1.165) is 29.9 Å². The third-order valence-electron chi connectivity index (χ3n) is 5.03. The zero-order chi connectivity index (χ0) is 21.1. The van der Waals surface area contributed by atoms with Crippen LogP contribution in [-0.2, 0) is 17.8 Å². The second kappa shape index (κ2) is 8.71. The number of benzene rings is 2. The topological polar surface area (TPSA) is 71.1 Å². The smallest absolute Gasteiger partial charge is 0.257 e. The summed E-state index contributed by atoms with van der Waals surface area (Å²) >= 11 is 1.36. The SMILES string of the molecule is O=C(Nc1nc2c(s1)CCCC2C(=O)NCc1c(F)cccc1F)c1ccccc1. The van der Waals surface area contributed by atoms with Crippen LogP contribution in [0.3, 0.4) is 0 Å². The quantitative estimate of drug-likeness (QED) is 0.634. The van der Waals surface area contributed by atoms with Crippen LogP contribution in [0, 0.1) is 11.6 Å². The predicted molar refractivity (Wildman–Crippen MR) is 110 cm³/mol. The summed E-state index contributed by atoms with van der Waals surface area (Å²) in [5, 5.41) is 5.85. The van der Waals surface area contributed by atoms with Gasteiger partial charge in [-0.3, -0.25) is 14.9 Å². The van der Waals surface area contributed by atoms with Crippen LogP contribution in [0.5, 0.6) is 0 Å². The second-order valence-electron chi connectivity index (χ2n) is 7.01. The Kier molecular flexibility index (Phi) is 5.85. The van der Waals surface area contributed by atoms with Gasteiger partial charge in [-0.15, -0.1) is 11.3 Å². The molecule has 1 heterocycles. The van der Waals surface area contributed by atoms with Crippen LogP contribution in [0.25, 0.3) is 0 Å². The van der Waals surface area contributed by atoms with Crippen molar-refractivity contribution in [2.45, 2.75) is 31.7 Å². The van der Waals surface area contributed by atoms with Gasteiger partial charge in [0.2, 0.25) is 5.91 Å². The van der Waals surface area contributed by atoms with E-state index in [-0.39, 0.29) is 23.9 Å². The molecule has 1 aliphatic rings. The summed E-state index contributed by atoms with van der Waals surface area (Å²) in [5.74, 6) is -2.50. The molecule has 0 bridgehead atoms. The number of hydrogen-bond donors (Lipinski definition) is 2. The van der Waals surface area contributed by atoms with Crippen LogP contribution < -0.4 is 10.6 Å². The van der Waals surface area contributed by atoms with E-state index >= 15 is 0 Å². The van der Waals surface area contributed by atoms with E-state index in [4.69, 9.17) is 0 Å². The molecule has 1 aliphatic carbocycles. The minimum Gasteiger partial charge on any atom is -0.351 e. The molecule has 0 saturated carbocycles. The van der Waals surface area contributed by atoms with Crippen molar-refractivity contribution in [2.75, 3.05) is 5.32 Å². The summed E-state index contributed by atoms with van der Waals surface area (Å²) in [6.07, 6.45) is 2.17. The van der Waals surface area contributed by atoms with Gasteiger partial charge in [0.05, 0.1) is 11.6 Å². The molecule has 30 heavy (non-hydrogen) atoms. The molecule has 3 aromatic rings. The summed E-state index contributed by atoms with van der Waals surface area (Å²) in [7, 11) is 0. The van der Waals surface area contributed by atoms with Crippen molar-refractivity contribution in [3.8, 4) is 0 Å². The summed E-state index contributed by atoms with van der Waals surface area (Å²) in [4.78, 5) is 30.5. The fraction of sp³-hybridized carbons (Fsp3) is 0.227. The largest absolute Gasteiger partial charge is 0.351 e. The lowest BCUT2D eigenvalue weighted by molar-refractivity contribution is -0.123. The Morgan fingerprint density at radius 2 is 1.80 bits per heavy atom. The lowest BCUT2D eigenvalue weighted by Crippen LogP contribution is -2.31. The molecular formula is C22H19F2N3O2S. The first-order chi connectivity index (χ1) is 14.5. The molecule has 0 spiro atoms. The standard InChI is InChI=1S/C22H19F2N3O2S/c23-16-9-5-10-17(24)15(16)12-25-21(29)14-8-4-11-18-19(14)26-22(30-18)27-20(28)13-6-2-1-3-7-13/h1-3,5-7,9-10,14H,4,8,11-12H2,(H,25,29)(H,26,27,28). The molecule has 1 aromatic heterocycles. The van der Waals surface area contributed by atoms with E-state index in [0.29, 0.717) is 22.8 Å². The minimum atomic E-state index is -0.695.